The van der Waals surface area contributed by atoms with Crippen LogP contribution in [0.2, 0.25) is 0 Å². The molecule has 2 rings (SSSR count). The van der Waals surface area contributed by atoms with E-state index in [4.69, 9.17) is 0 Å². The van der Waals surface area contributed by atoms with Crippen molar-refractivity contribution in [3.63, 3.8) is 0 Å². The highest BCUT2D eigenvalue weighted by molar-refractivity contribution is 5.28. The second-order valence-electron chi connectivity index (χ2n) is 5.45. The summed E-state index contributed by atoms with van der Waals surface area (Å²) in [5.74, 6) is 0. The van der Waals surface area contributed by atoms with Gasteiger partial charge in [0.2, 0.25) is 0 Å². The minimum absolute atomic E-state index is 0.0956. The zero-order chi connectivity index (χ0) is 14.4. The van der Waals surface area contributed by atoms with Crippen molar-refractivity contribution in [2.45, 2.75) is 32.9 Å². The fourth-order valence-corrected chi connectivity index (χ4v) is 2.53. The Morgan fingerprint density at radius 2 is 1.60 bits per heavy atom. The first-order valence-corrected chi connectivity index (χ1v) is 7.12. The highest BCUT2D eigenvalue weighted by Crippen LogP contribution is 2.09. The molecule has 0 heterocycles. The van der Waals surface area contributed by atoms with Gasteiger partial charge in [-0.3, -0.25) is 0 Å². The van der Waals surface area contributed by atoms with Gasteiger partial charge in [-0.25, -0.2) is 0 Å². The largest absolute Gasteiger partial charge is 0.395 e. The number of aliphatic hydroxyl groups excluding tert-OH is 1. The maximum Gasteiger partial charge on any atom is 0.0587 e. The molecule has 0 aliphatic rings. The molecule has 0 unspecified atom stereocenters. The lowest BCUT2D eigenvalue weighted by molar-refractivity contribution is 0.241. The van der Waals surface area contributed by atoms with E-state index in [-0.39, 0.29) is 12.6 Å². The number of benzene rings is 2. The van der Waals surface area contributed by atoms with E-state index in [9.17, 15) is 5.11 Å². The predicted octanol–water partition coefficient (Wildman–Crippen LogP) is 3.00. The summed E-state index contributed by atoms with van der Waals surface area (Å²) >= 11 is 0. The second kappa shape index (κ2) is 7.22. The van der Waals surface area contributed by atoms with Gasteiger partial charge >= 0.3 is 0 Å². The summed E-state index contributed by atoms with van der Waals surface area (Å²) in [7, 11) is 0. The Morgan fingerprint density at radius 3 is 2.20 bits per heavy atom. The molecule has 2 nitrogen and oxygen atoms in total. The summed E-state index contributed by atoms with van der Waals surface area (Å²) in [6.07, 6.45) is 0.849. The third-order valence-electron chi connectivity index (χ3n) is 3.42. The van der Waals surface area contributed by atoms with Gasteiger partial charge in [-0.15, -0.1) is 0 Å². The molecule has 1 atom stereocenters. The molecular weight excluding hydrogens is 246 g/mol. The average Bonchev–Trinajstić information content (AvgIpc) is 2.43. The SMILES string of the molecule is Cc1cc(C)cc(CN[C@H](CO)Cc2ccccc2)c1. The van der Waals surface area contributed by atoms with Crippen molar-refractivity contribution >= 4 is 0 Å². The highest BCUT2D eigenvalue weighted by Gasteiger charge is 2.08. The molecule has 106 valence electrons. The molecule has 0 amide bonds. The van der Waals surface area contributed by atoms with Gasteiger partial charge < -0.3 is 10.4 Å². The minimum atomic E-state index is 0.0956. The lowest BCUT2D eigenvalue weighted by Gasteiger charge is -2.17. The molecule has 0 aliphatic heterocycles. The predicted molar refractivity (Wildman–Crippen MR) is 83.8 cm³/mol. The van der Waals surface area contributed by atoms with E-state index in [1.807, 2.05) is 18.2 Å². The minimum Gasteiger partial charge on any atom is -0.395 e. The summed E-state index contributed by atoms with van der Waals surface area (Å²) in [5.41, 5.74) is 5.09. The van der Waals surface area contributed by atoms with Gasteiger partial charge in [0.1, 0.15) is 0 Å². The molecule has 2 N–H and O–H groups in total. The van der Waals surface area contributed by atoms with Gasteiger partial charge in [-0.05, 0) is 31.4 Å². The Labute approximate surface area is 121 Å². The maximum absolute atomic E-state index is 9.51. The van der Waals surface area contributed by atoms with Crippen molar-refractivity contribution in [1.82, 2.24) is 5.32 Å². The van der Waals surface area contributed by atoms with E-state index in [0.29, 0.717) is 0 Å². The number of aryl methyl sites for hydroxylation is 2. The Kier molecular flexibility index (Phi) is 5.33. The quantitative estimate of drug-likeness (QED) is 0.845. The molecular formula is C18H23NO. The van der Waals surface area contributed by atoms with Gasteiger partial charge in [0.25, 0.3) is 0 Å². The van der Waals surface area contributed by atoms with Crippen LogP contribution in [0.1, 0.15) is 22.3 Å². The Bertz CT molecular complexity index is 516. The smallest absolute Gasteiger partial charge is 0.0587 e. The second-order valence-corrected chi connectivity index (χ2v) is 5.45. The number of hydrogen-bond donors (Lipinski definition) is 2. The maximum atomic E-state index is 9.51. The zero-order valence-electron chi connectivity index (χ0n) is 12.3. The summed E-state index contributed by atoms with van der Waals surface area (Å²) in [6.45, 7) is 5.17. The monoisotopic (exact) mass is 269 g/mol. The van der Waals surface area contributed by atoms with Crippen molar-refractivity contribution in [2.24, 2.45) is 0 Å². The lowest BCUT2D eigenvalue weighted by Crippen LogP contribution is -2.34. The van der Waals surface area contributed by atoms with E-state index in [1.54, 1.807) is 0 Å². The van der Waals surface area contributed by atoms with Crippen LogP contribution in [0.15, 0.2) is 48.5 Å². The van der Waals surface area contributed by atoms with Crippen molar-refractivity contribution < 1.29 is 5.11 Å². The summed E-state index contributed by atoms with van der Waals surface area (Å²) in [4.78, 5) is 0. The summed E-state index contributed by atoms with van der Waals surface area (Å²) in [6, 6.07) is 16.9. The first kappa shape index (κ1) is 14.8. The van der Waals surface area contributed by atoms with Crippen molar-refractivity contribution in [3.05, 3.63) is 70.8 Å². The summed E-state index contributed by atoms with van der Waals surface area (Å²) in [5, 5.41) is 13.0. The Morgan fingerprint density at radius 1 is 0.950 bits per heavy atom. The third kappa shape index (κ3) is 4.48. The molecule has 0 radical (unpaired) electrons. The van der Waals surface area contributed by atoms with Crippen LogP contribution in [0, 0.1) is 13.8 Å². The van der Waals surface area contributed by atoms with Gasteiger partial charge in [0.05, 0.1) is 6.61 Å². The average molecular weight is 269 g/mol. The van der Waals surface area contributed by atoms with Gasteiger partial charge in [-0.2, -0.15) is 0 Å². The number of aliphatic hydroxyl groups is 1. The van der Waals surface area contributed by atoms with Crippen LogP contribution in [-0.2, 0) is 13.0 Å². The molecule has 0 saturated heterocycles. The van der Waals surface area contributed by atoms with Crippen LogP contribution in [0.25, 0.3) is 0 Å². The van der Waals surface area contributed by atoms with Crippen molar-refractivity contribution in [1.29, 1.82) is 0 Å². The first-order chi connectivity index (χ1) is 9.67. The lowest BCUT2D eigenvalue weighted by atomic mass is 10.0. The summed E-state index contributed by atoms with van der Waals surface area (Å²) < 4.78 is 0. The normalized spacial score (nSPS) is 12.3. The standard InChI is InChI=1S/C18H23NO/c1-14-8-15(2)10-17(9-14)12-19-18(13-20)11-16-6-4-3-5-7-16/h3-10,18-20H,11-13H2,1-2H3/t18-/m0/s1. The fourth-order valence-electron chi connectivity index (χ4n) is 2.53. The molecule has 2 heteroatoms. The molecule has 0 spiro atoms. The molecule has 2 aromatic carbocycles. The van der Waals surface area contributed by atoms with Gasteiger partial charge in [0.15, 0.2) is 0 Å². The molecule has 0 aliphatic carbocycles. The molecule has 0 bridgehead atoms. The van der Waals surface area contributed by atoms with Crippen molar-refractivity contribution in [3.8, 4) is 0 Å². The van der Waals surface area contributed by atoms with E-state index >= 15 is 0 Å². The van der Waals surface area contributed by atoms with E-state index in [0.717, 1.165) is 13.0 Å². The molecule has 0 fully saturated rings. The van der Waals surface area contributed by atoms with Crippen LogP contribution in [0.4, 0.5) is 0 Å². The first-order valence-electron chi connectivity index (χ1n) is 7.12. The van der Waals surface area contributed by atoms with Crippen molar-refractivity contribution in [2.75, 3.05) is 6.61 Å². The topological polar surface area (TPSA) is 32.3 Å². The highest BCUT2D eigenvalue weighted by atomic mass is 16.3. The van der Waals surface area contributed by atoms with Crippen LogP contribution in [0.3, 0.4) is 0 Å². The fraction of sp³-hybridized carbons (Fsp3) is 0.333. The van der Waals surface area contributed by atoms with Gasteiger partial charge in [-0.1, -0.05) is 59.7 Å². The number of rotatable bonds is 6. The third-order valence-corrected chi connectivity index (χ3v) is 3.42. The number of hydrogen-bond acceptors (Lipinski definition) is 2. The number of nitrogens with one attached hydrogen (secondary N) is 1. The van der Waals surface area contributed by atoms with Crippen LogP contribution < -0.4 is 5.32 Å². The van der Waals surface area contributed by atoms with E-state index in [2.05, 4.69) is 49.5 Å². The Balaban J connectivity index is 1.93. The van der Waals surface area contributed by atoms with Crippen LogP contribution >= 0.6 is 0 Å². The molecule has 20 heavy (non-hydrogen) atoms. The van der Waals surface area contributed by atoms with Crippen LogP contribution in [-0.4, -0.2) is 17.8 Å². The molecule has 2 aromatic rings. The molecule has 0 saturated carbocycles. The van der Waals surface area contributed by atoms with Gasteiger partial charge in [0, 0.05) is 12.6 Å². The molecule has 0 aromatic heterocycles. The van der Waals surface area contributed by atoms with E-state index < -0.39 is 0 Å². The van der Waals surface area contributed by atoms with Crippen LogP contribution in [0.5, 0.6) is 0 Å². The zero-order valence-corrected chi connectivity index (χ0v) is 12.3. The Hall–Kier alpha value is -1.64. The van der Waals surface area contributed by atoms with E-state index in [1.165, 1.54) is 22.3 Å².